The number of allylic oxidation sites excluding steroid dienone is 1. The van der Waals surface area contributed by atoms with Gasteiger partial charge in [-0.05, 0) is 112 Å². The highest BCUT2D eigenvalue weighted by atomic mass is 16.3. The standard InChI is InChI=1S/C27H46O3/c1-17(2)6-11-24(29)27(5,30)23-10-9-21-20-8-7-18-16-19(28)12-14-25(18,3)22(20)13-15-26(21,23)4/h7,17,19-24,28-30H,6,8-16H2,1-5H3/t19-,20-,21?,22?,23?,24+,25-,26-,27+/m0/s1. The first-order chi connectivity index (χ1) is 14.0. The van der Waals surface area contributed by atoms with Gasteiger partial charge < -0.3 is 15.3 Å². The second kappa shape index (κ2) is 7.89. The molecule has 3 nitrogen and oxygen atoms in total. The summed E-state index contributed by atoms with van der Waals surface area (Å²) in [6, 6.07) is 0. The zero-order valence-corrected chi connectivity index (χ0v) is 20.0. The highest BCUT2D eigenvalue weighted by Gasteiger charge is 2.62. The van der Waals surface area contributed by atoms with Crippen LogP contribution in [0.25, 0.3) is 0 Å². The van der Waals surface area contributed by atoms with E-state index in [-0.39, 0.29) is 22.9 Å². The Morgan fingerprint density at radius 3 is 2.50 bits per heavy atom. The van der Waals surface area contributed by atoms with Crippen LogP contribution in [0.2, 0.25) is 0 Å². The fraction of sp³-hybridized carbons (Fsp3) is 0.926. The van der Waals surface area contributed by atoms with Gasteiger partial charge in [0, 0.05) is 0 Å². The average molecular weight is 419 g/mol. The van der Waals surface area contributed by atoms with Gasteiger partial charge in [0.15, 0.2) is 0 Å². The SMILES string of the molecule is CC(C)CC[C@@H](O)[C@](C)(O)C1CCC2[C@@H]3CC=C4C[C@@H](O)CC[C@]4(C)C3CC[C@@]21C. The van der Waals surface area contributed by atoms with Gasteiger partial charge in [-0.1, -0.05) is 39.3 Å². The van der Waals surface area contributed by atoms with Crippen LogP contribution in [-0.4, -0.2) is 33.1 Å². The molecule has 4 aliphatic carbocycles. The normalized spacial score (nSPS) is 46.4. The van der Waals surface area contributed by atoms with Gasteiger partial charge in [0.2, 0.25) is 0 Å². The van der Waals surface area contributed by atoms with Crippen LogP contribution in [0, 0.1) is 40.4 Å². The Morgan fingerprint density at radius 1 is 1.07 bits per heavy atom. The number of aliphatic hydroxyl groups excluding tert-OH is 2. The lowest BCUT2D eigenvalue weighted by Gasteiger charge is -2.59. The van der Waals surface area contributed by atoms with Crippen LogP contribution < -0.4 is 0 Å². The monoisotopic (exact) mass is 418 g/mol. The number of fused-ring (bicyclic) bond motifs is 5. The summed E-state index contributed by atoms with van der Waals surface area (Å²) in [6.45, 7) is 11.2. The zero-order valence-electron chi connectivity index (χ0n) is 20.0. The first-order valence-corrected chi connectivity index (χ1v) is 12.8. The van der Waals surface area contributed by atoms with Crippen molar-refractivity contribution in [3.05, 3.63) is 11.6 Å². The van der Waals surface area contributed by atoms with E-state index in [0.29, 0.717) is 24.2 Å². The molecule has 3 saturated carbocycles. The number of rotatable bonds is 5. The van der Waals surface area contributed by atoms with E-state index in [4.69, 9.17) is 0 Å². The van der Waals surface area contributed by atoms with Crippen molar-refractivity contribution < 1.29 is 15.3 Å². The van der Waals surface area contributed by atoms with E-state index in [2.05, 4.69) is 33.8 Å². The molecular weight excluding hydrogens is 372 g/mol. The minimum absolute atomic E-state index is 0.124. The Morgan fingerprint density at radius 2 is 1.80 bits per heavy atom. The van der Waals surface area contributed by atoms with E-state index in [1.807, 2.05) is 6.92 Å². The van der Waals surface area contributed by atoms with Gasteiger partial charge >= 0.3 is 0 Å². The molecule has 3 N–H and O–H groups in total. The van der Waals surface area contributed by atoms with Gasteiger partial charge in [-0.15, -0.1) is 0 Å². The van der Waals surface area contributed by atoms with E-state index < -0.39 is 11.7 Å². The smallest absolute Gasteiger partial charge is 0.0910 e. The van der Waals surface area contributed by atoms with E-state index >= 15 is 0 Å². The molecule has 0 heterocycles. The maximum Gasteiger partial charge on any atom is 0.0910 e. The second-order valence-electron chi connectivity index (χ2n) is 12.5. The van der Waals surface area contributed by atoms with Crippen molar-refractivity contribution in [2.24, 2.45) is 40.4 Å². The molecule has 0 aromatic heterocycles. The largest absolute Gasteiger partial charge is 0.393 e. The Labute approximate surface area is 184 Å². The van der Waals surface area contributed by atoms with Crippen LogP contribution in [0.1, 0.15) is 98.8 Å². The van der Waals surface area contributed by atoms with Gasteiger partial charge in [0.05, 0.1) is 17.8 Å². The number of aliphatic hydroxyl groups is 3. The molecule has 30 heavy (non-hydrogen) atoms. The van der Waals surface area contributed by atoms with Crippen LogP contribution in [0.5, 0.6) is 0 Å². The van der Waals surface area contributed by atoms with Crippen LogP contribution >= 0.6 is 0 Å². The second-order valence-corrected chi connectivity index (χ2v) is 12.5. The van der Waals surface area contributed by atoms with Crippen molar-refractivity contribution in [1.82, 2.24) is 0 Å². The summed E-state index contributed by atoms with van der Waals surface area (Å²) >= 11 is 0. The first-order valence-electron chi connectivity index (χ1n) is 12.8. The molecule has 0 bridgehead atoms. The van der Waals surface area contributed by atoms with Crippen LogP contribution in [0.3, 0.4) is 0 Å². The summed E-state index contributed by atoms with van der Waals surface area (Å²) in [6.07, 6.45) is 12.1. The Bertz CT molecular complexity index is 667. The summed E-state index contributed by atoms with van der Waals surface area (Å²) in [7, 11) is 0. The van der Waals surface area contributed by atoms with Gasteiger partial charge in [-0.25, -0.2) is 0 Å². The van der Waals surface area contributed by atoms with E-state index in [9.17, 15) is 15.3 Å². The molecule has 0 radical (unpaired) electrons. The maximum absolute atomic E-state index is 11.6. The predicted octanol–water partition coefficient (Wildman–Crippen LogP) is 5.47. The Hall–Kier alpha value is -0.380. The molecule has 0 saturated heterocycles. The zero-order chi connectivity index (χ0) is 21.9. The molecule has 0 aliphatic heterocycles. The minimum Gasteiger partial charge on any atom is -0.393 e. The molecular formula is C27H46O3. The summed E-state index contributed by atoms with van der Waals surface area (Å²) < 4.78 is 0. The summed E-state index contributed by atoms with van der Waals surface area (Å²) in [5, 5.41) is 32.7. The molecule has 4 rings (SSSR count). The first kappa shape index (κ1) is 22.8. The van der Waals surface area contributed by atoms with Crippen molar-refractivity contribution in [2.45, 2.75) is 117 Å². The van der Waals surface area contributed by atoms with Crippen molar-refractivity contribution in [1.29, 1.82) is 0 Å². The molecule has 4 aliphatic rings. The van der Waals surface area contributed by atoms with Crippen molar-refractivity contribution in [3.63, 3.8) is 0 Å². The molecule has 0 aromatic carbocycles. The third-order valence-corrected chi connectivity index (χ3v) is 10.5. The number of hydrogen-bond donors (Lipinski definition) is 3. The maximum atomic E-state index is 11.6. The van der Waals surface area contributed by atoms with E-state index in [1.165, 1.54) is 24.8 Å². The number of hydrogen-bond acceptors (Lipinski definition) is 3. The van der Waals surface area contributed by atoms with E-state index in [0.717, 1.165) is 44.4 Å². The lowest BCUT2D eigenvalue weighted by molar-refractivity contribution is -0.151. The van der Waals surface area contributed by atoms with Crippen LogP contribution in [0.4, 0.5) is 0 Å². The van der Waals surface area contributed by atoms with Gasteiger partial charge in [0.25, 0.3) is 0 Å². The topological polar surface area (TPSA) is 60.7 Å². The third-order valence-electron chi connectivity index (χ3n) is 10.5. The average Bonchev–Trinajstić information content (AvgIpc) is 3.04. The van der Waals surface area contributed by atoms with Crippen molar-refractivity contribution >= 4 is 0 Å². The Kier molecular flexibility index (Phi) is 5.99. The van der Waals surface area contributed by atoms with Crippen LogP contribution in [0.15, 0.2) is 11.6 Å². The van der Waals surface area contributed by atoms with Crippen molar-refractivity contribution in [2.75, 3.05) is 0 Å². The van der Waals surface area contributed by atoms with Gasteiger partial charge in [-0.2, -0.15) is 0 Å². The Balaban J connectivity index is 1.55. The fourth-order valence-electron chi connectivity index (χ4n) is 8.62. The lowest BCUT2D eigenvalue weighted by Crippen LogP contribution is -2.55. The minimum atomic E-state index is -1.00. The predicted molar refractivity (Wildman–Crippen MR) is 122 cm³/mol. The summed E-state index contributed by atoms with van der Waals surface area (Å²) in [5.41, 5.74) is 0.914. The molecule has 3 fully saturated rings. The van der Waals surface area contributed by atoms with Crippen LogP contribution in [-0.2, 0) is 0 Å². The molecule has 3 heteroatoms. The third kappa shape index (κ3) is 3.52. The van der Waals surface area contributed by atoms with E-state index in [1.54, 1.807) is 0 Å². The fourth-order valence-corrected chi connectivity index (χ4v) is 8.62. The highest BCUT2D eigenvalue weighted by Crippen LogP contribution is 2.67. The quantitative estimate of drug-likeness (QED) is 0.519. The lowest BCUT2D eigenvalue weighted by atomic mass is 9.46. The van der Waals surface area contributed by atoms with Crippen molar-refractivity contribution in [3.8, 4) is 0 Å². The van der Waals surface area contributed by atoms with Gasteiger partial charge in [-0.3, -0.25) is 0 Å². The summed E-state index contributed by atoms with van der Waals surface area (Å²) in [4.78, 5) is 0. The van der Waals surface area contributed by atoms with Gasteiger partial charge in [0.1, 0.15) is 0 Å². The molecule has 0 aromatic rings. The molecule has 9 atom stereocenters. The molecule has 0 amide bonds. The summed E-state index contributed by atoms with van der Waals surface area (Å²) in [5.74, 6) is 2.80. The molecule has 172 valence electrons. The molecule has 0 spiro atoms. The molecule has 3 unspecified atom stereocenters. The highest BCUT2D eigenvalue weighted by molar-refractivity contribution is 5.25.